The molecule has 2 aromatic rings. The standard InChI is InChI=1S/C23H31N3O3/c1-3-4-5-6-7-16-29-21-14-12-19(13-15-21)25-17-22(27)26-20-10-8-18(9-11-20)23(28)24-2/h8-15,25H,3-7,16-17H2,1-2H3,(H,24,28)(H,26,27). The van der Waals surface area contributed by atoms with E-state index in [0.717, 1.165) is 24.5 Å². The molecule has 0 radical (unpaired) electrons. The Kier molecular flexibility index (Phi) is 9.55. The lowest BCUT2D eigenvalue weighted by Crippen LogP contribution is -2.22. The van der Waals surface area contributed by atoms with Crippen molar-refractivity contribution in [1.82, 2.24) is 5.32 Å². The second kappa shape index (κ2) is 12.4. The molecule has 0 aliphatic carbocycles. The van der Waals surface area contributed by atoms with E-state index in [2.05, 4.69) is 22.9 Å². The Morgan fingerprint density at radius 1 is 0.862 bits per heavy atom. The number of hydrogen-bond donors (Lipinski definition) is 3. The monoisotopic (exact) mass is 397 g/mol. The maximum atomic E-state index is 12.1. The van der Waals surface area contributed by atoms with Crippen molar-refractivity contribution in [3.8, 4) is 5.75 Å². The first-order valence-corrected chi connectivity index (χ1v) is 10.2. The van der Waals surface area contributed by atoms with Crippen molar-refractivity contribution >= 4 is 23.2 Å². The predicted molar refractivity (Wildman–Crippen MR) is 118 cm³/mol. The second-order valence-electron chi connectivity index (χ2n) is 6.85. The molecule has 0 unspecified atom stereocenters. The highest BCUT2D eigenvalue weighted by Crippen LogP contribution is 2.16. The van der Waals surface area contributed by atoms with Crippen molar-refractivity contribution in [3.05, 3.63) is 54.1 Å². The molecule has 6 nitrogen and oxygen atoms in total. The molecule has 0 bridgehead atoms. The van der Waals surface area contributed by atoms with Crippen molar-refractivity contribution in [1.29, 1.82) is 0 Å². The first-order valence-electron chi connectivity index (χ1n) is 10.2. The van der Waals surface area contributed by atoms with Crippen molar-refractivity contribution in [2.24, 2.45) is 0 Å². The fourth-order valence-electron chi connectivity index (χ4n) is 2.80. The van der Waals surface area contributed by atoms with Crippen LogP contribution in [0.2, 0.25) is 0 Å². The lowest BCUT2D eigenvalue weighted by molar-refractivity contribution is -0.114. The molecule has 0 saturated heterocycles. The van der Waals surface area contributed by atoms with Gasteiger partial charge in [0.15, 0.2) is 0 Å². The maximum Gasteiger partial charge on any atom is 0.251 e. The van der Waals surface area contributed by atoms with Crippen molar-refractivity contribution in [2.45, 2.75) is 39.0 Å². The van der Waals surface area contributed by atoms with Crippen LogP contribution in [0.3, 0.4) is 0 Å². The van der Waals surface area contributed by atoms with Gasteiger partial charge in [0, 0.05) is 24.0 Å². The zero-order chi connectivity index (χ0) is 20.9. The molecule has 3 N–H and O–H groups in total. The molecule has 0 aliphatic rings. The number of carbonyl (C=O) groups is 2. The smallest absolute Gasteiger partial charge is 0.251 e. The molecule has 2 amide bonds. The van der Waals surface area contributed by atoms with E-state index in [9.17, 15) is 9.59 Å². The van der Waals surface area contributed by atoms with Crippen LogP contribution in [-0.2, 0) is 4.79 Å². The predicted octanol–water partition coefficient (Wildman–Crippen LogP) is 4.45. The summed E-state index contributed by atoms with van der Waals surface area (Å²) in [6.07, 6.45) is 6.08. The summed E-state index contributed by atoms with van der Waals surface area (Å²) < 4.78 is 5.74. The van der Waals surface area contributed by atoms with Crippen LogP contribution < -0.4 is 20.7 Å². The second-order valence-corrected chi connectivity index (χ2v) is 6.85. The molecule has 29 heavy (non-hydrogen) atoms. The number of rotatable bonds is 12. The van der Waals surface area contributed by atoms with E-state index >= 15 is 0 Å². The highest BCUT2D eigenvalue weighted by molar-refractivity contribution is 5.96. The topological polar surface area (TPSA) is 79.5 Å². The summed E-state index contributed by atoms with van der Waals surface area (Å²) in [6, 6.07) is 14.4. The van der Waals surface area contributed by atoms with Gasteiger partial charge in [0.25, 0.3) is 5.91 Å². The molecular formula is C23H31N3O3. The van der Waals surface area contributed by atoms with Gasteiger partial charge in [-0.3, -0.25) is 9.59 Å². The lowest BCUT2D eigenvalue weighted by Gasteiger charge is -2.10. The van der Waals surface area contributed by atoms with Crippen LogP contribution >= 0.6 is 0 Å². The van der Waals surface area contributed by atoms with Crippen LogP contribution in [0, 0.1) is 0 Å². The molecule has 0 atom stereocenters. The Bertz CT molecular complexity index is 758. The number of nitrogens with one attached hydrogen (secondary N) is 3. The molecule has 0 spiro atoms. The molecule has 0 aromatic heterocycles. The van der Waals surface area contributed by atoms with Crippen LogP contribution in [0.5, 0.6) is 5.75 Å². The Labute approximate surface area is 173 Å². The molecule has 0 fully saturated rings. The molecule has 2 aromatic carbocycles. The zero-order valence-electron chi connectivity index (χ0n) is 17.3. The third-order valence-electron chi connectivity index (χ3n) is 4.48. The molecule has 0 aliphatic heterocycles. The van der Waals surface area contributed by atoms with Crippen molar-refractivity contribution in [3.63, 3.8) is 0 Å². The summed E-state index contributed by atoms with van der Waals surface area (Å²) >= 11 is 0. The lowest BCUT2D eigenvalue weighted by atomic mass is 10.2. The van der Waals surface area contributed by atoms with Gasteiger partial charge in [-0.25, -0.2) is 0 Å². The quantitative estimate of drug-likeness (QED) is 0.463. The van der Waals surface area contributed by atoms with E-state index in [1.54, 1.807) is 31.3 Å². The number of anilines is 2. The fraction of sp³-hybridized carbons (Fsp3) is 0.391. The first kappa shape index (κ1) is 22.3. The summed E-state index contributed by atoms with van der Waals surface area (Å²) in [6.45, 7) is 3.09. The maximum absolute atomic E-state index is 12.1. The normalized spacial score (nSPS) is 10.3. The van der Waals surface area contributed by atoms with Gasteiger partial charge in [0.1, 0.15) is 5.75 Å². The molecular weight excluding hydrogens is 366 g/mol. The highest BCUT2D eigenvalue weighted by atomic mass is 16.5. The van der Waals surface area contributed by atoms with Crippen molar-refractivity contribution in [2.75, 3.05) is 30.8 Å². The fourth-order valence-corrected chi connectivity index (χ4v) is 2.80. The Hall–Kier alpha value is -3.02. The van der Waals surface area contributed by atoms with Crippen LogP contribution in [0.4, 0.5) is 11.4 Å². The highest BCUT2D eigenvalue weighted by Gasteiger charge is 2.05. The van der Waals surface area contributed by atoms with Crippen LogP contribution in [0.1, 0.15) is 49.4 Å². The third-order valence-corrected chi connectivity index (χ3v) is 4.48. The summed E-state index contributed by atoms with van der Waals surface area (Å²) in [5, 5.41) is 8.45. The Balaban J connectivity index is 1.69. The molecule has 0 saturated carbocycles. The van der Waals surface area contributed by atoms with Crippen LogP contribution in [0.15, 0.2) is 48.5 Å². The zero-order valence-corrected chi connectivity index (χ0v) is 17.3. The van der Waals surface area contributed by atoms with E-state index < -0.39 is 0 Å². The molecule has 0 heterocycles. The van der Waals surface area contributed by atoms with Gasteiger partial charge >= 0.3 is 0 Å². The average molecular weight is 398 g/mol. The van der Waals surface area contributed by atoms with Gasteiger partial charge in [0.05, 0.1) is 13.2 Å². The summed E-state index contributed by atoms with van der Waals surface area (Å²) in [5.74, 6) is 0.519. The Morgan fingerprint density at radius 3 is 2.17 bits per heavy atom. The van der Waals surface area contributed by atoms with Crippen molar-refractivity contribution < 1.29 is 14.3 Å². The van der Waals surface area contributed by atoms with Gasteiger partial charge in [0.2, 0.25) is 5.91 Å². The largest absolute Gasteiger partial charge is 0.494 e. The number of amides is 2. The minimum atomic E-state index is -0.162. The van der Waals surface area contributed by atoms with Gasteiger partial charge in [-0.1, -0.05) is 32.6 Å². The summed E-state index contributed by atoms with van der Waals surface area (Å²) in [4.78, 5) is 23.6. The van der Waals surface area contributed by atoms with E-state index in [1.807, 2.05) is 24.3 Å². The first-order chi connectivity index (χ1) is 14.1. The molecule has 6 heteroatoms. The summed E-state index contributed by atoms with van der Waals surface area (Å²) in [5.41, 5.74) is 2.05. The number of carbonyl (C=O) groups excluding carboxylic acids is 2. The number of hydrogen-bond acceptors (Lipinski definition) is 4. The van der Waals surface area contributed by atoms with Gasteiger partial charge in [-0.05, 0) is 55.0 Å². The van der Waals surface area contributed by atoms with E-state index in [0.29, 0.717) is 11.3 Å². The minimum Gasteiger partial charge on any atom is -0.494 e. The number of benzene rings is 2. The van der Waals surface area contributed by atoms with Crippen LogP contribution in [0.25, 0.3) is 0 Å². The molecule has 2 rings (SSSR count). The third kappa shape index (κ3) is 8.25. The molecule has 156 valence electrons. The SMILES string of the molecule is CCCCCCCOc1ccc(NCC(=O)Nc2ccc(C(=O)NC)cc2)cc1. The Morgan fingerprint density at radius 2 is 1.52 bits per heavy atom. The minimum absolute atomic E-state index is 0.148. The van der Waals surface area contributed by atoms with E-state index in [4.69, 9.17) is 4.74 Å². The van der Waals surface area contributed by atoms with Gasteiger partial charge < -0.3 is 20.7 Å². The van der Waals surface area contributed by atoms with E-state index in [1.165, 1.54) is 25.7 Å². The average Bonchev–Trinajstić information content (AvgIpc) is 2.75. The number of ether oxygens (including phenoxy) is 1. The number of unbranched alkanes of at least 4 members (excludes halogenated alkanes) is 4. The van der Waals surface area contributed by atoms with Gasteiger partial charge in [-0.15, -0.1) is 0 Å². The van der Waals surface area contributed by atoms with Crippen LogP contribution in [-0.4, -0.2) is 32.0 Å². The summed E-state index contributed by atoms with van der Waals surface area (Å²) in [7, 11) is 1.58. The van der Waals surface area contributed by atoms with Gasteiger partial charge in [-0.2, -0.15) is 0 Å². The van der Waals surface area contributed by atoms with E-state index in [-0.39, 0.29) is 18.4 Å².